The maximum Gasteiger partial charge on any atom is 0.257 e. The molecule has 2 aromatic heterocycles. The molecule has 4 rings (SSSR count). The van der Waals surface area contributed by atoms with Crippen molar-refractivity contribution in [3.05, 3.63) is 53.3 Å². The van der Waals surface area contributed by atoms with Gasteiger partial charge in [-0.15, -0.1) is 0 Å². The fraction of sp³-hybridized carbons (Fsp3) is 0.391. The summed E-state index contributed by atoms with van der Waals surface area (Å²) in [6, 6.07) is 9.14. The van der Waals surface area contributed by atoms with Crippen LogP contribution in [0.4, 0.5) is 5.69 Å². The Balaban J connectivity index is 1.55. The van der Waals surface area contributed by atoms with Gasteiger partial charge in [0.2, 0.25) is 0 Å². The van der Waals surface area contributed by atoms with Gasteiger partial charge in [-0.25, -0.2) is 9.67 Å². The highest BCUT2D eigenvalue weighted by Gasteiger charge is 2.19. The van der Waals surface area contributed by atoms with Gasteiger partial charge < -0.3 is 10.2 Å². The molecule has 3 aromatic rings. The molecule has 0 unspecified atom stereocenters. The van der Waals surface area contributed by atoms with Crippen molar-refractivity contribution in [3.63, 3.8) is 0 Å². The number of fused-ring (bicyclic) bond motifs is 1. The fourth-order valence-corrected chi connectivity index (χ4v) is 3.88. The highest BCUT2D eigenvalue weighted by atomic mass is 16.2. The maximum absolute atomic E-state index is 12.9. The average Bonchev–Trinajstić information content (AvgIpc) is 3.16. The van der Waals surface area contributed by atoms with E-state index in [4.69, 9.17) is 0 Å². The van der Waals surface area contributed by atoms with E-state index in [1.54, 1.807) is 30.5 Å². The van der Waals surface area contributed by atoms with Crippen LogP contribution in [-0.2, 0) is 0 Å². The molecule has 30 heavy (non-hydrogen) atoms. The normalized spacial score (nSPS) is 14.3. The predicted molar refractivity (Wildman–Crippen MR) is 117 cm³/mol. The van der Waals surface area contributed by atoms with Crippen LogP contribution in [0.2, 0.25) is 0 Å². The molecule has 1 aromatic carbocycles. The van der Waals surface area contributed by atoms with Crippen LogP contribution in [0.1, 0.15) is 65.6 Å². The summed E-state index contributed by atoms with van der Waals surface area (Å²) >= 11 is 0. The predicted octanol–water partition coefficient (Wildman–Crippen LogP) is 4.20. The van der Waals surface area contributed by atoms with E-state index in [9.17, 15) is 9.59 Å². The van der Waals surface area contributed by atoms with Crippen LogP contribution < -0.4 is 5.32 Å². The Bertz CT molecular complexity index is 1100. The molecule has 1 fully saturated rings. The number of benzene rings is 1. The Kier molecular flexibility index (Phi) is 5.53. The van der Waals surface area contributed by atoms with Crippen molar-refractivity contribution in [1.82, 2.24) is 19.7 Å². The fourth-order valence-electron chi connectivity index (χ4n) is 3.88. The lowest BCUT2D eigenvalue weighted by Crippen LogP contribution is -2.35. The standard InChI is InChI=1S/C23H27N5O2/c1-15(2)28-21-18(14-24-28)13-20(16(3)25-21)22(29)26-19-9-7-8-17(12-19)23(30)27-10-5-4-6-11-27/h7-9,12-15H,4-6,10-11H2,1-3H3,(H,26,29). The quantitative estimate of drug-likeness (QED) is 0.705. The molecule has 0 radical (unpaired) electrons. The smallest absolute Gasteiger partial charge is 0.257 e. The van der Waals surface area contributed by atoms with Crippen LogP contribution in [0.15, 0.2) is 36.5 Å². The summed E-state index contributed by atoms with van der Waals surface area (Å²) in [7, 11) is 0. The Hall–Kier alpha value is -3.22. The molecule has 0 aliphatic carbocycles. The molecule has 7 nitrogen and oxygen atoms in total. The second-order valence-electron chi connectivity index (χ2n) is 8.10. The highest BCUT2D eigenvalue weighted by Crippen LogP contribution is 2.21. The summed E-state index contributed by atoms with van der Waals surface area (Å²) < 4.78 is 1.85. The minimum absolute atomic E-state index is 0.0196. The molecular formula is C23H27N5O2. The number of carbonyl (C=O) groups excluding carboxylic acids is 2. The number of aryl methyl sites for hydroxylation is 1. The van der Waals surface area contributed by atoms with E-state index >= 15 is 0 Å². The van der Waals surface area contributed by atoms with Crippen molar-refractivity contribution >= 4 is 28.5 Å². The van der Waals surface area contributed by atoms with Gasteiger partial charge >= 0.3 is 0 Å². The maximum atomic E-state index is 12.9. The number of rotatable bonds is 4. The highest BCUT2D eigenvalue weighted by molar-refractivity contribution is 6.07. The van der Waals surface area contributed by atoms with Crippen LogP contribution >= 0.6 is 0 Å². The van der Waals surface area contributed by atoms with E-state index in [1.165, 1.54) is 6.42 Å². The minimum atomic E-state index is -0.248. The molecule has 1 saturated heterocycles. The zero-order valence-corrected chi connectivity index (χ0v) is 17.7. The zero-order chi connectivity index (χ0) is 21.3. The number of nitrogens with zero attached hydrogens (tertiary/aromatic N) is 4. The Labute approximate surface area is 176 Å². The summed E-state index contributed by atoms with van der Waals surface area (Å²) in [6.45, 7) is 7.50. The summed E-state index contributed by atoms with van der Waals surface area (Å²) in [4.78, 5) is 32.2. The van der Waals surface area contributed by atoms with Crippen LogP contribution in [0.25, 0.3) is 11.0 Å². The Morgan fingerprint density at radius 1 is 1.10 bits per heavy atom. The van der Waals surface area contributed by atoms with Crippen LogP contribution in [0.3, 0.4) is 0 Å². The number of carbonyl (C=O) groups is 2. The number of aromatic nitrogens is 3. The van der Waals surface area contributed by atoms with Gasteiger partial charge in [0, 0.05) is 35.8 Å². The zero-order valence-electron chi connectivity index (χ0n) is 17.7. The third-order valence-corrected chi connectivity index (χ3v) is 5.50. The van der Waals surface area contributed by atoms with Gasteiger partial charge in [-0.1, -0.05) is 6.07 Å². The molecular weight excluding hydrogens is 378 g/mol. The minimum Gasteiger partial charge on any atom is -0.339 e. The van der Waals surface area contributed by atoms with Crippen LogP contribution in [0.5, 0.6) is 0 Å². The molecule has 3 heterocycles. The number of hydrogen-bond acceptors (Lipinski definition) is 4. The van der Waals surface area contributed by atoms with E-state index in [0.29, 0.717) is 22.5 Å². The summed E-state index contributed by atoms with van der Waals surface area (Å²) in [5, 5.41) is 8.12. The second kappa shape index (κ2) is 8.26. The lowest BCUT2D eigenvalue weighted by atomic mass is 10.1. The number of likely N-dealkylation sites (tertiary alicyclic amines) is 1. The van der Waals surface area contributed by atoms with Gasteiger partial charge in [0.15, 0.2) is 5.65 Å². The van der Waals surface area contributed by atoms with Crippen LogP contribution in [0, 0.1) is 6.92 Å². The number of amides is 2. The number of nitrogens with one attached hydrogen (secondary N) is 1. The van der Waals surface area contributed by atoms with Gasteiger partial charge in [0.1, 0.15) is 0 Å². The van der Waals surface area contributed by atoms with Crippen molar-refractivity contribution < 1.29 is 9.59 Å². The van der Waals surface area contributed by atoms with E-state index in [1.807, 2.05) is 36.4 Å². The second-order valence-corrected chi connectivity index (χ2v) is 8.10. The lowest BCUT2D eigenvalue weighted by Gasteiger charge is -2.26. The molecule has 0 atom stereocenters. The van der Waals surface area contributed by atoms with E-state index in [0.717, 1.165) is 37.0 Å². The number of anilines is 1. The van der Waals surface area contributed by atoms with E-state index < -0.39 is 0 Å². The molecule has 0 saturated carbocycles. The Morgan fingerprint density at radius 3 is 2.60 bits per heavy atom. The molecule has 2 amide bonds. The molecule has 1 N–H and O–H groups in total. The average molecular weight is 406 g/mol. The molecule has 0 bridgehead atoms. The number of pyridine rings is 1. The van der Waals surface area contributed by atoms with Gasteiger partial charge in [-0.2, -0.15) is 5.10 Å². The number of hydrogen-bond donors (Lipinski definition) is 1. The van der Waals surface area contributed by atoms with Gasteiger partial charge in [0.25, 0.3) is 11.8 Å². The topological polar surface area (TPSA) is 80.1 Å². The summed E-state index contributed by atoms with van der Waals surface area (Å²) in [5.74, 6) is -0.229. The molecule has 1 aliphatic heterocycles. The van der Waals surface area contributed by atoms with Crippen molar-refractivity contribution in [2.45, 2.75) is 46.1 Å². The SMILES string of the molecule is Cc1nc2c(cnn2C(C)C)cc1C(=O)Nc1cccc(C(=O)N2CCCCC2)c1. The van der Waals surface area contributed by atoms with Gasteiger partial charge in [0.05, 0.1) is 17.5 Å². The number of piperidine rings is 1. The molecule has 1 aliphatic rings. The third kappa shape index (κ3) is 3.92. The first-order valence-electron chi connectivity index (χ1n) is 10.5. The lowest BCUT2D eigenvalue weighted by molar-refractivity contribution is 0.0724. The Morgan fingerprint density at radius 2 is 1.87 bits per heavy atom. The summed E-state index contributed by atoms with van der Waals surface area (Å²) in [6.07, 6.45) is 5.00. The van der Waals surface area contributed by atoms with Gasteiger partial charge in [-0.05, 0) is 64.3 Å². The first kappa shape index (κ1) is 20.1. The molecule has 7 heteroatoms. The van der Waals surface area contributed by atoms with Crippen molar-refractivity contribution in [3.8, 4) is 0 Å². The first-order valence-corrected chi connectivity index (χ1v) is 10.5. The largest absolute Gasteiger partial charge is 0.339 e. The van der Waals surface area contributed by atoms with Crippen molar-refractivity contribution in [2.75, 3.05) is 18.4 Å². The van der Waals surface area contributed by atoms with Gasteiger partial charge in [-0.3, -0.25) is 9.59 Å². The summed E-state index contributed by atoms with van der Waals surface area (Å²) in [5.41, 5.74) is 3.10. The van der Waals surface area contributed by atoms with Crippen molar-refractivity contribution in [2.24, 2.45) is 0 Å². The van der Waals surface area contributed by atoms with E-state index in [-0.39, 0.29) is 17.9 Å². The molecule has 0 spiro atoms. The van der Waals surface area contributed by atoms with Crippen molar-refractivity contribution in [1.29, 1.82) is 0 Å². The molecule has 156 valence electrons. The first-order chi connectivity index (χ1) is 14.4. The van der Waals surface area contributed by atoms with E-state index in [2.05, 4.69) is 15.4 Å². The van der Waals surface area contributed by atoms with Crippen LogP contribution in [-0.4, -0.2) is 44.6 Å². The monoisotopic (exact) mass is 405 g/mol. The third-order valence-electron chi connectivity index (χ3n) is 5.50.